The van der Waals surface area contributed by atoms with Crippen LogP contribution in [0.3, 0.4) is 0 Å². The van der Waals surface area contributed by atoms with E-state index in [0.29, 0.717) is 5.41 Å². The van der Waals surface area contributed by atoms with E-state index in [0.717, 1.165) is 24.7 Å². The summed E-state index contributed by atoms with van der Waals surface area (Å²) >= 11 is 0. The van der Waals surface area contributed by atoms with Crippen LogP contribution < -0.4 is 0 Å². The molecule has 2 aliphatic carbocycles. The molecular weight excluding hydrogens is 256 g/mol. The number of fused-ring (bicyclic) bond motifs is 1. The largest absolute Gasteiger partial charge is 0.386 e. The van der Waals surface area contributed by atoms with Crippen LogP contribution in [0.5, 0.6) is 0 Å². The van der Waals surface area contributed by atoms with Crippen molar-refractivity contribution in [1.29, 1.82) is 0 Å². The third kappa shape index (κ3) is 4.10. The second-order valence-corrected chi connectivity index (χ2v) is 8.12. The van der Waals surface area contributed by atoms with Crippen molar-refractivity contribution in [2.75, 3.05) is 0 Å². The Bertz CT molecular complexity index is 449. The van der Waals surface area contributed by atoms with Gasteiger partial charge in [-0.05, 0) is 76.5 Å². The smallest absolute Gasteiger partial charge is 0.0771 e. The molecule has 2 rings (SSSR count). The Morgan fingerprint density at radius 3 is 2.81 bits per heavy atom. The highest BCUT2D eigenvalue weighted by Gasteiger charge is 2.49. The molecule has 0 aromatic rings. The molecule has 0 aromatic heterocycles. The Morgan fingerprint density at radius 2 is 2.14 bits per heavy atom. The van der Waals surface area contributed by atoms with E-state index < -0.39 is 5.60 Å². The zero-order valence-corrected chi connectivity index (χ0v) is 14.3. The molecule has 1 saturated carbocycles. The summed E-state index contributed by atoms with van der Waals surface area (Å²) in [5, 5.41) is 9.83. The van der Waals surface area contributed by atoms with E-state index in [1.807, 2.05) is 19.9 Å². The van der Waals surface area contributed by atoms with Crippen molar-refractivity contribution < 1.29 is 5.11 Å². The molecule has 3 atom stereocenters. The van der Waals surface area contributed by atoms with Crippen LogP contribution in [0.15, 0.2) is 36.0 Å². The molecule has 1 heteroatoms. The highest BCUT2D eigenvalue weighted by Crippen LogP contribution is 2.58. The van der Waals surface area contributed by atoms with Gasteiger partial charge in [0.25, 0.3) is 0 Å². The summed E-state index contributed by atoms with van der Waals surface area (Å²) in [5.41, 5.74) is 2.71. The van der Waals surface area contributed by atoms with Crippen LogP contribution in [-0.4, -0.2) is 10.7 Å². The van der Waals surface area contributed by atoms with Crippen LogP contribution in [0.4, 0.5) is 0 Å². The second-order valence-electron chi connectivity index (χ2n) is 8.12. The summed E-state index contributed by atoms with van der Waals surface area (Å²) in [5.74, 6) is 1.49. The van der Waals surface area contributed by atoms with E-state index in [1.54, 1.807) is 5.57 Å². The summed E-state index contributed by atoms with van der Waals surface area (Å²) in [6.45, 7) is 12.7. The Morgan fingerprint density at radius 1 is 1.43 bits per heavy atom. The first-order valence-corrected chi connectivity index (χ1v) is 8.45. The first-order valence-electron chi connectivity index (χ1n) is 8.45. The lowest BCUT2D eigenvalue weighted by Gasteiger charge is -2.55. The van der Waals surface area contributed by atoms with Crippen molar-refractivity contribution in [2.24, 2.45) is 17.3 Å². The highest BCUT2D eigenvalue weighted by atomic mass is 16.3. The fraction of sp³-hybridized carbons (Fsp3) is 0.700. The maximum atomic E-state index is 9.83. The normalized spacial score (nSPS) is 37.0. The van der Waals surface area contributed by atoms with Gasteiger partial charge in [0.1, 0.15) is 0 Å². The van der Waals surface area contributed by atoms with Crippen LogP contribution in [0.2, 0.25) is 0 Å². The fourth-order valence-electron chi connectivity index (χ4n) is 4.13. The summed E-state index contributed by atoms with van der Waals surface area (Å²) in [7, 11) is 0. The fourth-order valence-corrected chi connectivity index (χ4v) is 4.13. The Hall–Kier alpha value is -0.820. The maximum Gasteiger partial charge on any atom is 0.0771 e. The van der Waals surface area contributed by atoms with Crippen LogP contribution >= 0.6 is 0 Å². The van der Waals surface area contributed by atoms with Gasteiger partial charge in [0.2, 0.25) is 0 Å². The minimum atomic E-state index is -0.694. The van der Waals surface area contributed by atoms with Crippen LogP contribution in [0, 0.1) is 17.3 Å². The molecule has 0 aliphatic heterocycles. The van der Waals surface area contributed by atoms with Crippen LogP contribution in [0.1, 0.15) is 66.2 Å². The van der Waals surface area contributed by atoms with Gasteiger partial charge >= 0.3 is 0 Å². The van der Waals surface area contributed by atoms with E-state index in [2.05, 4.69) is 32.6 Å². The van der Waals surface area contributed by atoms with Crippen molar-refractivity contribution in [3.63, 3.8) is 0 Å². The second kappa shape index (κ2) is 6.12. The molecule has 0 aromatic carbocycles. The molecule has 3 unspecified atom stereocenters. The van der Waals surface area contributed by atoms with Gasteiger partial charge in [-0.1, -0.05) is 42.9 Å². The predicted octanol–water partition coefficient (Wildman–Crippen LogP) is 5.42. The number of allylic oxidation sites excluding steroid dienone is 4. The average molecular weight is 288 g/mol. The molecule has 1 fully saturated rings. The zero-order chi connectivity index (χ0) is 15.7. The Labute approximate surface area is 130 Å². The highest BCUT2D eigenvalue weighted by molar-refractivity contribution is 5.18. The summed E-state index contributed by atoms with van der Waals surface area (Å²) in [6, 6.07) is 0. The molecule has 21 heavy (non-hydrogen) atoms. The Kier molecular flexibility index (Phi) is 4.82. The predicted molar refractivity (Wildman–Crippen MR) is 91.1 cm³/mol. The quantitative estimate of drug-likeness (QED) is 0.687. The number of rotatable bonds is 3. The number of hydrogen-bond donors (Lipinski definition) is 1. The van der Waals surface area contributed by atoms with Gasteiger partial charge < -0.3 is 5.11 Å². The third-order valence-corrected chi connectivity index (χ3v) is 5.51. The van der Waals surface area contributed by atoms with E-state index in [-0.39, 0.29) is 0 Å². The monoisotopic (exact) mass is 288 g/mol. The minimum absolute atomic E-state index is 0.389. The van der Waals surface area contributed by atoms with Crippen molar-refractivity contribution >= 4 is 0 Å². The minimum Gasteiger partial charge on any atom is -0.386 e. The molecule has 1 nitrogen and oxygen atoms in total. The summed E-state index contributed by atoms with van der Waals surface area (Å²) in [6.07, 6.45) is 13.7. The van der Waals surface area contributed by atoms with Crippen molar-refractivity contribution in [2.45, 2.75) is 71.8 Å². The van der Waals surface area contributed by atoms with Gasteiger partial charge in [-0.2, -0.15) is 0 Å². The molecule has 1 N–H and O–H groups in total. The molecule has 0 amide bonds. The SMILES string of the molecule is C=C1CC/C=C(\C)CCC2C1CC2(C)C/C=C/C(C)(C)O. The summed E-state index contributed by atoms with van der Waals surface area (Å²) < 4.78 is 0. The summed E-state index contributed by atoms with van der Waals surface area (Å²) in [4.78, 5) is 0. The van der Waals surface area contributed by atoms with E-state index in [9.17, 15) is 5.11 Å². The number of aliphatic hydroxyl groups is 1. The molecule has 118 valence electrons. The van der Waals surface area contributed by atoms with Gasteiger partial charge in [0.15, 0.2) is 0 Å². The lowest BCUT2D eigenvalue weighted by atomic mass is 9.50. The van der Waals surface area contributed by atoms with Crippen molar-refractivity contribution in [1.82, 2.24) is 0 Å². The van der Waals surface area contributed by atoms with Crippen LogP contribution in [0.25, 0.3) is 0 Å². The molecule has 0 bridgehead atoms. The first kappa shape index (κ1) is 16.5. The Balaban J connectivity index is 2.05. The third-order valence-electron chi connectivity index (χ3n) is 5.51. The standard InChI is InChI=1S/C20H32O/c1-15-8-6-9-16(2)17-14-20(5,18(17)11-10-15)13-7-12-19(3,4)21/h7-8,12,17-18,21H,2,6,9-11,13-14H2,1,3-5H3/b12-7+,15-8+. The lowest BCUT2D eigenvalue weighted by Crippen LogP contribution is -2.46. The van der Waals surface area contributed by atoms with Gasteiger partial charge in [-0.25, -0.2) is 0 Å². The van der Waals surface area contributed by atoms with Gasteiger partial charge in [0.05, 0.1) is 5.60 Å². The maximum absolute atomic E-state index is 9.83. The average Bonchev–Trinajstić information content (AvgIpc) is 2.38. The van der Waals surface area contributed by atoms with Crippen molar-refractivity contribution in [3.8, 4) is 0 Å². The van der Waals surface area contributed by atoms with Gasteiger partial charge in [-0.15, -0.1) is 0 Å². The van der Waals surface area contributed by atoms with Crippen LogP contribution in [-0.2, 0) is 0 Å². The topological polar surface area (TPSA) is 20.2 Å². The van der Waals surface area contributed by atoms with E-state index in [1.165, 1.54) is 31.3 Å². The first-order chi connectivity index (χ1) is 9.71. The lowest BCUT2D eigenvalue weighted by molar-refractivity contribution is -0.0114. The zero-order valence-electron chi connectivity index (χ0n) is 14.3. The number of hydrogen-bond acceptors (Lipinski definition) is 1. The molecule has 0 heterocycles. The molecular formula is C20H32O. The van der Waals surface area contributed by atoms with Gasteiger partial charge in [0, 0.05) is 0 Å². The van der Waals surface area contributed by atoms with Crippen molar-refractivity contribution in [3.05, 3.63) is 36.0 Å². The molecule has 0 spiro atoms. The van der Waals surface area contributed by atoms with Gasteiger partial charge in [-0.3, -0.25) is 0 Å². The van der Waals surface area contributed by atoms with E-state index >= 15 is 0 Å². The molecule has 0 radical (unpaired) electrons. The molecule has 2 aliphatic rings. The van der Waals surface area contributed by atoms with E-state index in [4.69, 9.17) is 0 Å². The molecule has 0 saturated heterocycles.